The van der Waals surface area contributed by atoms with Crippen LogP contribution in [0, 0.1) is 0 Å². The van der Waals surface area contributed by atoms with Crippen LogP contribution in [0.5, 0.6) is 0 Å². The molecule has 1 aromatic carbocycles. The normalized spacial score (nSPS) is 11.5. The first-order valence-electron chi connectivity index (χ1n) is 9.07. The molecule has 3 rings (SSSR count). The number of carbonyl (C=O) groups excluding carboxylic acids is 1. The molecule has 148 valence electrons. The zero-order valence-electron chi connectivity index (χ0n) is 15.8. The number of carbonyl (C=O) groups is 1. The first kappa shape index (κ1) is 19.8. The number of nitrogens with zero attached hydrogens (tertiary/aromatic N) is 3. The molecule has 0 fully saturated rings. The van der Waals surface area contributed by atoms with Crippen molar-refractivity contribution in [3.05, 3.63) is 48.2 Å². The van der Waals surface area contributed by atoms with Gasteiger partial charge in [0.15, 0.2) is 11.6 Å². The number of para-hydroxylation sites is 1. The summed E-state index contributed by atoms with van der Waals surface area (Å²) in [6, 6.07) is 11.1. The molecule has 0 spiro atoms. The first-order chi connectivity index (χ1) is 13.4. The van der Waals surface area contributed by atoms with Crippen LogP contribution in [0.1, 0.15) is 37.0 Å². The van der Waals surface area contributed by atoms with Crippen molar-refractivity contribution in [1.82, 2.24) is 14.8 Å². The number of ether oxygens (including phenoxy) is 1. The smallest absolute Gasteiger partial charge is 0.343 e. The van der Waals surface area contributed by atoms with Gasteiger partial charge in [0.1, 0.15) is 5.56 Å². The molecule has 2 aromatic heterocycles. The molecule has 3 aromatic rings. The van der Waals surface area contributed by atoms with Crippen molar-refractivity contribution in [2.75, 3.05) is 17.1 Å². The number of pyridine rings is 1. The number of rotatable bonds is 8. The second kappa shape index (κ2) is 8.39. The first-order valence-corrected chi connectivity index (χ1v) is 10.7. The third-order valence-electron chi connectivity index (χ3n) is 4.08. The second-order valence-corrected chi connectivity index (χ2v) is 8.02. The molecule has 2 heterocycles. The van der Waals surface area contributed by atoms with Gasteiger partial charge < -0.3 is 4.74 Å². The molecule has 0 unspecified atom stereocenters. The minimum Gasteiger partial charge on any atom is -0.462 e. The van der Waals surface area contributed by atoms with E-state index < -0.39 is 16.0 Å². The minimum atomic E-state index is -3.66. The molecule has 0 aliphatic heterocycles. The van der Waals surface area contributed by atoms with Gasteiger partial charge in [-0.15, -0.1) is 0 Å². The monoisotopic (exact) mass is 402 g/mol. The zero-order chi connectivity index (χ0) is 20.1. The van der Waals surface area contributed by atoms with Crippen LogP contribution in [0.4, 0.5) is 5.82 Å². The summed E-state index contributed by atoms with van der Waals surface area (Å²) >= 11 is 0. The number of hydrogen-bond acceptors (Lipinski definition) is 6. The van der Waals surface area contributed by atoms with Gasteiger partial charge in [-0.3, -0.25) is 4.72 Å². The van der Waals surface area contributed by atoms with Gasteiger partial charge in [0.2, 0.25) is 10.0 Å². The van der Waals surface area contributed by atoms with Crippen molar-refractivity contribution in [2.45, 2.75) is 26.7 Å². The van der Waals surface area contributed by atoms with Crippen LogP contribution < -0.4 is 4.72 Å². The van der Waals surface area contributed by atoms with Crippen LogP contribution in [-0.2, 0) is 14.8 Å². The Kier molecular flexibility index (Phi) is 5.93. The Bertz CT molecular complexity index is 1090. The van der Waals surface area contributed by atoms with E-state index in [0.29, 0.717) is 12.2 Å². The number of unbranched alkanes of at least 4 members (excludes halogenated alkanes) is 1. The Labute approximate surface area is 163 Å². The number of anilines is 1. The minimum absolute atomic E-state index is 0.0253. The molecular weight excluding hydrogens is 380 g/mol. The van der Waals surface area contributed by atoms with Gasteiger partial charge in [-0.25, -0.2) is 18.2 Å². The molecule has 0 radical (unpaired) electrons. The molecule has 9 heteroatoms. The highest BCUT2D eigenvalue weighted by Gasteiger charge is 2.24. The molecule has 1 N–H and O–H groups in total. The van der Waals surface area contributed by atoms with Crippen molar-refractivity contribution >= 4 is 32.7 Å². The van der Waals surface area contributed by atoms with Crippen LogP contribution in [0.15, 0.2) is 42.6 Å². The number of fused-ring (bicyclic) bond motifs is 1. The second-order valence-electron chi connectivity index (χ2n) is 6.18. The Morgan fingerprint density at radius 1 is 1.18 bits per heavy atom. The molecular formula is C19H22N4O4S. The zero-order valence-corrected chi connectivity index (χ0v) is 16.6. The summed E-state index contributed by atoms with van der Waals surface area (Å²) in [5.41, 5.74) is 0.768. The third kappa shape index (κ3) is 4.30. The average Bonchev–Trinajstić information content (AvgIpc) is 3.09. The van der Waals surface area contributed by atoms with E-state index in [9.17, 15) is 13.2 Å². The van der Waals surface area contributed by atoms with E-state index in [-0.39, 0.29) is 23.7 Å². The average molecular weight is 402 g/mol. The maximum Gasteiger partial charge on any atom is 0.343 e. The Morgan fingerprint density at radius 3 is 2.71 bits per heavy atom. The summed E-state index contributed by atoms with van der Waals surface area (Å²) in [6.45, 7) is 3.75. The highest BCUT2D eigenvalue weighted by molar-refractivity contribution is 7.92. The molecule has 0 atom stereocenters. The number of sulfonamides is 1. The highest BCUT2D eigenvalue weighted by atomic mass is 32.2. The van der Waals surface area contributed by atoms with Crippen LogP contribution in [0.25, 0.3) is 16.7 Å². The van der Waals surface area contributed by atoms with E-state index in [1.165, 1.54) is 10.9 Å². The van der Waals surface area contributed by atoms with Gasteiger partial charge in [-0.2, -0.15) is 9.78 Å². The topological polar surface area (TPSA) is 103 Å². The van der Waals surface area contributed by atoms with Crippen molar-refractivity contribution in [3.63, 3.8) is 0 Å². The molecule has 28 heavy (non-hydrogen) atoms. The summed E-state index contributed by atoms with van der Waals surface area (Å²) in [4.78, 5) is 16.8. The summed E-state index contributed by atoms with van der Waals surface area (Å²) in [5.74, 6) is -0.287. The number of benzene rings is 1. The SMILES string of the molecule is CCCCS(=O)(=O)Nc1c(C(=O)OCC)cnn1-c1ccc2ccccc2n1. The molecule has 0 amide bonds. The summed E-state index contributed by atoms with van der Waals surface area (Å²) < 4.78 is 33.8. The van der Waals surface area contributed by atoms with Crippen LogP contribution in [0.2, 0.25) is 0 Å². The fourth-order valence-electron chi connectivity index (χ4n) is 2.68. The molecule has 8 nitrogen and oxygen atoms in total. The van der Waals surface area contributed by atoms with Gasteiger partial charge in [0.25, 0.3) is 0 Å². The lowest BCUT2D eigenvalue weighted by atomic mass is 10.2. The maximum atomic E-state index is 12.5. The maximum absolute atomic E-state index is 12.5. The van der Waals surface area contributed by atoms with Gasteiger partial charge in [0.05, 0.1) is 24.1 Å². The van der Waals surface area contributed by atoms with E-state index in [1.807, 2.05) is 37.3 Å². The predicted molar refractivity (Wildman–Crippen MR) is 107 cm³/mol. The van der Waals surface area contributed by atoms with Crippen LogP contribution in [0.3, 0.4) is 0 Å². The molecule has 0 saturated heterocycles. The Hall–Kier alpha value is -2.94. The predicted octanol–water partition coefficient (Wildman–Crippen LogP) is 3.14. The van der Waals surface area contributed by atoms with Crippen LogP contribution >= 0.6 is 0 Å². The number of hydrogen-bond donors (Lipinski definition) is 1. The van der Waals surface area contributed by atoms with Crippen molar-refractivity contribution in [3.8, 4) is 5.82 Å². The fourth-order valence-corrected chi connectivity index (χ4v) is 3.95. The number of aromatic nitrogens is 3. The third-order valence-corrected chi connectivity index (χ3v) is 5.41. The van der Waals surface area contributed by atoms with E-state index in [0.717, 1.165) is 17.3 Å². The Balaban J connectivity index is 2.08. The van der Waals surface area contributed by atoms with Crippen molar-refractivity contribution < 1.29 is 17.9 Å². The van der Waals surface area contributed by atoms with Gasteiger partial charge in [-0.1, -0.05) is 31.5 Å². The number of esters is 1. The molecule has 0 bridgehead atoms. The van der Waals surface area contributed by atoms with Crippen LogP contribution in [-0.4, -0.2) is 41.5 Å². The lowest BCUT2D eigenvalue weighted by Crippen LogP contribution is -2.21. The standard InChI is InChI=1S/C19H22N4O4S/c1-3-5-12-28(25,26)22-18-15(19(24)27-4-2)13-20-23(18)17-11-10-14-8-6-7-9-16(14)21-17/h6-11,13,22H,3-5,12H2,1-2H3. The van der Waals surface area contributed by atoms with E-state index in [4.69, 9.17) is 4.74 Å². The van der Waals surface area contributed by atoms with Gasteiger partial charge in [0, 0.05) is 5.39 Å². The van der Waals surface area contributed by atoms with E-state index in [1.54, 1.807) is 13.0 Å². The largest absolute Gasteiger partial charge is 0.462 e. The van der Waals surface area contributed by atoms with E-state index in [2.05, 4.69) is 14.8 Å². The summed E-state index contributed by atoms with van der Waals surface area (Å²) in [6.07, 6.45) is 2.52. The summed E-state index contributed by atoms with van der Waals surface area (Å²) in [7, 11) is -3.66. The molecule has 0 aliphatic rings. The molecule has 0 saturated carbocycles. The van der Waals surface area contributed by atoms with Gasteiger partial charge >= 0.3 is 5.97 Å². The molecule has 0 aliphatic carbocycles. The highest BCUT2D eigenvalue weighted by Crippen LogP contribution is 2.23. The number of nitrogens with one attached hydrogen (secondary N) is 1. The van der Waals surface area contributed by atoms with Gasteiger partial charge in [-0.05, 0) is 31.5 Å². The van der Waals surface area contributed by atoms with Crippen molar-refractivity contribution in [2.24, 2.45) is 0 Å². The lowest BCUT2D eigenvalue weighted by Gasteiger charge is -2.12. The Morgan fingerprint density at radius 2 is 1.96 bits per heavy atom. The summed E-state index contributed by atoms with van der Waals surface area (Å²) in [5, 5.41) is 5.13. The lowest BCUT2D eigenvalue weighted by molar-refractivity contribution is 0.0527. The van der Waals surface area contributed by atoms with Crippen molar-refractivity contribution in [1.29, 1.82) is 0 Å². The fraction of sp³-hybridized carbons (Fsp3) is 0.316. The quantitative estimate of drug-likeness (QED) is 0.581. The van der Waals surface area contributed by atoms with E-state index >= 15 is 0 Å².